The summed E-state index contributed by atoms with van der Waals surface area (Å²) in [4.78, 5) is 0. The van der Waals surface area contributed by atoms with Crippen LogP contribution >= 0.6 is 12.4 Å². The predicted octanol–water partition coefficient (Wildman–Crippen LogP) is 3.38. The van der Waals surface area contributed by atoms with E-state index in [0.29, 0.717) is 11.8 Å². The standard InChI is InChI=1S/C18H23NO3.ClH/c1-13(11-15-6-9-17(21)18(22)12-15)19-10-2-3-14-4-7-16(20)8-5-14;/h4-9,12-13,19-22H,2-3,10-11H2,1H3;1H. The molecule has 0 heterocycles. The number of aromatic hydroxyl groups is 3. The first-order valence-electron chi connectivity index (χ1n) is 7.57. The van der Waals surface area contributed by atoms with Gasteiger partial charge in [0.15, 0.2) is 11.5 Å². The van der Waals surface area contributed by atoms with Gasteiger partial charge in [-0.25, -0.2) is 0 Å². The molecule has 0 spiro atoms. The quantitative estimate of drug-likeness (QED) is 0.461. The molecule has 2 aromatic rings. The highest BCUT2D eigenvalue weighted by molar-refractivity contribution is 5.85. The first-order chi connectivity index (χ1) is 10.5. The Kier molecular flexibility index (Phi) is 7.72. The van der Waals surface area contributed by atoms with Crippen LogP contribution in [-0.2, 0) is 12.8 Å². The molecule has 0 aliphatic rings. The Labute approximate surface area is 143 Å². The Morgan fingerprint density at radius 2 is 1.57 bits per heavy atom. The number of aryl methyl sites for hydroxylation is 1. The van der Waals surface area contributed by atoms with Crippen molar-refractivity contribution in [2.45, 2.75) is 32.2 Å². The SMILES string of the molecule is CC(Cc1ccc(O)c(O)c1)NCCCc1ccc(O)cc1.Cl. The molecule has 1 atom stereocenters. The van der Waals surface area contributed by atoms with E-state index in [0.717, 1.165) is 31.4 Å². The van der Waals surface area contributed by atoms with Crippen molar-refractivity contribution in [1.29, 1.82) is 0 Å². The number of hydrogen-bond acceptors (Lipinski definition) is 4. The molecule has 0 saturated heterocycles. The molecular weight excluding hydrogens is 314 g/mol. The number of halogens is 1. The van der Waals surface area contributed by atoms with Crippen molar-refractivity contribution in [3.63, 3.8) is 0 Å². The van der Waals surface area contributed by atoms with Gasteiger partial charge in [0.25, 0.3) is 0 Å². The molecule has 4 N–H and O–H groups in total. The van der Waals surface area contributed by atoms with E-state index in [2.05, 4.69) is 12.2 Å². The smallest absolute Gasteiger partial charge is 0.157 e. The molecule has 0 aromatic heterocycles. The van der Waals surface area contributed by atoms with Crippen LogP contribution in [0.25, 0.3) is 0 Å². The van der Waals surface area contributed by atoms with Crippen molar-refractivity contribution in [3.8, 4) is 17.2 Å². The third-order valence-electron chi connectivity index (χ3n) is 3.65. The largest absolute Gasteiger partial charge is 0.508 e. The van der Waals surface area contributed by atoms with Gasteiger partial charge in [-0.15, -0.1) is 12.4 Å². The lowest BCUT2D eigenvalue weighted by Crippen LogP contribution is -2.29. The fourth-order valence-corrected chi connectivity index (χ4v) is 2.43. The maximum atomic E-state index is 9.48. The van der Waals surface area contributed by atoms with Crippen LogP contribution in [0, 0.1) is 0 Å². The Bertz CT molecular complexity index is 602. The van der Waals surface area contributed by atoms with Crippen LogP contribution in [-0.4, -0.2) is 27.9 Å². The molecule has 0 bridgehead atoms. The summed E-state index contributed by atoms with van der Waals surface area (Å²) in [6, 6.07) is 12.5. The van der Waals surface area contributed by atoms with Crippen molar-refractivity contribution in [2.24, 2.45) is 0 Å². The first kappa shape index (κ1) is 19.1. The zero-order chi connectivity index (χ0) is 15.9. The Hall–Kier alpha value is -1.91. The summed E-state index contributed by atoms with van der Waals surface area (Å²) >= 11 is 0. The minimum Gasteiger partial charge on any atom is -0.508 e. The van der Waals surface area contributed by atoms with Gasteiger partial charge in [-0.3, -0.25) is 0 Å². The molecule has 0 aliphatic carbocycles. The molecule has 5 heteroatoms. The van der Waals surface area contributed by atoms with Gasteiger partial charge in [0.1, 0.15) is 5.75 Å². The molecule has 0 fully saturated rings. The van der Waals surface area contributed by atoms with E-state index in [4.69, 9.17) is 0 Å². The van der Waals surface area contributed by atoms with E-state index >= 15 is 0 Å². The van der Waals surface area contributed by atoms with E-state index in [1.54, 1.807) is 18.2 Å². The summed E-state index contributed by atoms with van der Waals surface area (Å²) in [6.07, 6.45) is 2.79. The second kappa shape index (κ2) is 9.28. The van der Waals surface area contributed by atoms with Gasteiger partial charge in [0.2, 0.25) is 0 Å². The summed E-state index contributed by atoms with van der Waals surface area (Å²) in [5.74, 6) is 0.142. The minimum atomic E-state index is -0.0849. The fourth-order valence-electron chi connectivity index (χ4n) is 2.43. The highest BCUT2D eigenvalue weighted by Gasteiger charge is 2.06. The second-order valence-corrected chi connectivity index (χ2v) is 5.65. The van der Waals surface area contributed by atoms with Gasteiger partial charge < -0.3 is 20.6 Å². The van der Waals surface area contributed by atoms with E-state index in [1.807, 2.05) is 18.2 Å². The van der Waals surface area contributed by atoms with Gasteiger partial charge in [-0.1, -0.05) is 18.2 Å². The van der Waals surface area contributed by atoms with Crippen LogP contribution in [0.1, 0.15) is 24.5 Å². The zero-order valence-electron chi connectivity index (χ0n) is 13.2. The maximum absolute atomic E-state index is 9.48. The van der Waals surface area contributed by atoms with E-state index in [1.165, 1.54) is 11.6 Å². The molecule has 2 aromatic carbocycles. The fraction of sp³-hybridized carbons (Fsp3) is 0.333. The average molecular weight is 338 g/mol. The van der Waals surface area contributed by atoms with Gasteiger partial charge >= 0.3 is 0 Å². The molecule has 2 rings (SSSR count). The molecule has 4 nitrogen and oxygen atoms in total. The minimum absolute atomic E-state index is 0. The van der Waals surface area contributed by atoms with Gasteiger partial charge in [0.05, 0.1) is 0 Å². The summed E-state index contributed by atoms with van der Waals surface area (Å²) in [6.45, 7) is 3.01. The third-order valence-corrected chi connectivity index (χ3v) is 3.65. The normalized spacial score (nSPS) is 11.7. The molecule has 0 saturated carbocycles. The van der Waals surface area contributed by atoms with Crippen LogP contribution in [0.5, 0.6) is 17.2 Å². The summed E-state index contributed by atoms with van der Waals surface area (Å²) in [5.41, 5.74) is 2.21. The van der Waals surface area contributed by atoms with Crippen molar-refractivity contribution in [2.75, 3.05) is 6.54 Å². The Morgan fingerprint density at radius 3 is 2.22 bits per heavy atom. The molecular formula is C18H24ClNO3. The molecule has 0 radical (unpaired) electrons. The number of nitrogens with one attached hydrogen (secondary N) is 1. The number of benzene rings is 2. The highest BCUT2D eigenvalue weighted by atomic mass is 35.5. The van der Waals surface area contributed by atoms with Crippen LogP contribution < -0.4 is 5.32 Å². The van der Waals surface area contributed by atoms with Crippen molar-refractivity contribution < 1.29 is 15.3 Å². The van der Waals surface area contributed by atoms with Crippen LogP contribution in [0.4, 0.5) is 0 Å². The number of rotatable bonds is 7. The maximum Gasteiger partial charge on any atom is 0.157 e. The lowest BCUT2D eigenvalue weighted by Gasteiger charge is -2.14. The number of phenols is 3. The average Bonchev–Trinajstić information content (AvgIpc) is 2.49. The Balaban J connectivity index is 0.00000264. The van der Waals surface area contributed by atoms with E-state index < -0.39 is 0 Å². The lowest BCUT2D eigenvalue weighted by molar-refractivity contribution is 0.402. The van der Waals surface area contributed by atoms with Gasteiger partial charge in [-0.2, -0.15) is 0 Å². The molecule has 1 unspecified atom stereocenters. The number of phenolic OH excluding ortho intramolecular Hbond substituents is 3. The van der Waals surface area contributed by atoms with Crippen molar-refractivity contribution >= 4 is 12.4 Å². The monoisotopic (exact) mass is 337 g/mol. The van der Waals surface area contributed by atoms with Gasteiger partial charge in [0, 0.05) is 6.04 Å². The summed E-state index contributed by atoms with van der Waals surface area (Å²) < 4.78 is 0. The lowest BCUT2D eigenvalue weighted by atomic mass is 10.1. The Morgan fingerprint density at radius 1 is 0.913 bits per heavy atom. The molecule has 23 heavy (non-hydrogen) atoms. The first-order valence-corrected chi connectivity index (χ1v) is 7.57. The summed E-state index contributed by atoms with van der Waals surface area (Å²) in [7, 11) is 0. The topological polar surface area (TPSA) is 72.7 Å². The molecule has 0 aliphatic heterocycles. The predicted molar refractivity (Wildman–Crippen MR) is 94.6 cm³/mol. The van der Waals surface area contributed by atoms with E-state index in [9.17, 15) is 15.3 Å². The molecule has 126 valence electrons. The number of hydrogen-bond donors (Lipinski definition) is 4. The zero-order valence-corrected chi connectivity index (χ0v) is 14.0. The van der Waals surface area contributed by atoms with Crippen LogP contribution in [0.3, 0.4) is 0 Å². The van der Waals surface area contributed by atoms with Crippen LogP contribution in [0.2, 0.25) is 0 Å². The third kappa shape index (κ3) is 6.38. The second-order valence-electron chi connectivity index (χ2n) is 5.65. The summed E-state index contributed by atoms with van der Waals surface area (Å²) in [5, 5.41) is 31.5. The van der Waals surface area contributed by atoms with E-state index in [-0.39, 0.29) is 23.9 Å². The molecule has 0 amide bonds. The highest BCUT2D eigenvalue weighted by Crippen LogP contribution is 2.25. The van der Waals surface area contributed by atoms with Crippen LogP contribution in [0.15, 0.2) is 42.5 Å². The van der Waals surface area contributed by atoms with Crippen molar-refractivity contribution in [3.05, 3.63) is 53.6 Å². The van der Waals surface area contributed by atoms with Crippen molar-refractivity contribution in [1.82, 2.24) is 5.32 Å². The van der Waals surface area contributed by atoms with Gasteiger partial charge in [-0.05, 0) is 68.1 Å².